The lowest BCUT2D eigenvalue weighted by molar-refractivity contribution is 0.281. The summed E-state index contributed by atoms with van der Waals surface area (Å²) in [6, 6.07) is 11.3. The van der Waals surface area contributed by atoms with Gasteiger partial charge in [0.05, 0.1) is 13.7 Å². The lowest BCUT2D eigenvalue weighted by atomic mass is 10.2. The van der Waals surface area contributed by atoms with Gasteiger partial charge in [-0.25, -0.2) is 4.39 Å². The van der Waals surface area contributed by atoms with E-state index in [1.54, 1.807) is 37.4 Å². The van der Waals surface area contributed by atoms with Gasteiger partial charge in [0.1, 0.15) is 11.5 Å². The van der Waals surface area contributed by atoms with Gasteiger partial charge in [0.2, 0.25) is 0 Å². The summed E-state index contributed by atoms with van der Waals surface area (Å²) in [6.45, 7) is -0.198. The second kappa shape index (κ2) is 5.51. The third kappa shape index (κ3) is 2.78. The summed E-state index contributed by atoms with van der Waals surface area (Å²) >= 11 is 0. The standard InChI is InChI=1S/C14H13FO3/c1-17-11-3-2-4-12(8-11)18-14-6-5-10(9-16)7-13(14)15/h2-8,16H,9H2,1H3. The van der Waals surface area contributed by atoms with Gasteiger partial charge in [-0.3, -0.25) is 0 Å². The first-order valence-corrected chi connectivity index (χ1v) is 5.44. The van der Waals surface area contributed by atoms with Crippen LogP contribution < -0.4 is 9.47 Å². The SMILES string of the molecule is COc1cccc(Oc2ccc(CO)cc2F)c1. The van der Waals surface area contributed by atoms with E-state index in [0.717, 1.165) is 0 Å². The normalized spacial score (nSPS) is 10.2. The molecule has 2 aromatic carbocycles. The first-order chi connectivity index (χ1) is 8.72. The fourth-order valence-electron chi connectivity index (χ4n) is 1.52. The largest absolute Gasteiger partial charge is 0.497 e. The Kier molecular flexibility index (Phi) is 3.79. The zero-order valence-corrected chi connectivity index (χ0v) is 9.89. The van der Waals surface area contributed by atoms with Gasteiger partial charge in [-0.1, -0.05) is 12.1 Å². The fraction of sp³-hybridized carbons (Fsp3) is 0.143. The molecule has 0 aliphatic rings. The van der Waals surface area contributed by atoms with E-state index < -0.39 is 5.82 Å². The number of hydrogen-bond donors (Lipinski definition) is 1. The number of halogens is 1. The van der Waals surface area contributed by atoms with Crippen LogP contribution in [-0.2, 0) is 6.61 Å². The highest BCUT2D eigenvalue weighted by Crippen LogP contribution is 2.27. The molecule has 1 N–H and O–H groups in total. The van der Waals surface area contributed by atoms with Crippen LogP contribution in [0.4, 0.5) is 4.39 Å². The highest BCUT2D eigenvalue weighted by Gasteiger charge is 2.06. The van der Waals surface area contributed by atoms with Crippen LogP contribution in [0.3, 0.4) is 0 Å². The molecule has 0 aliphatic carbocycles. The molecule has 0 saturated carbocycles. The van der Waals surface area contributed by atoms with Crippen molar-refractivity contribution in [2.45, 2.75) is 6.61 Å². The van der Waals surface area contributed by atoms with Crippen LogP contribution in [0.25, 0.3) is 0 Å². The third-order valence-corrected chi connectivity index (χ3v) is 2.45. The zero-order chi connectivity index (χ0) is 13.0. The first kappa shape index (κ1) is 12.4. The predicted octanol–water partition coefficient (Wildman–Crippen LogP) is 3.12. The molecule has 0 atom stereocenters. The van der Waals surface area contributed by atoms with E-state index in [-0.39, 0.29) is 12.4 Å². The van der Waals surface area contributed by atoms with E-state index in [4.69, 9.17) is 14.6 Å². The monoisotopic (exact) mass is 248 g/mol. The van der Waals surface area contributed by atoms with Gasteiger partial charge in [0, 0.05) is 6.07 Å². The molecular weight excluding hydrogens is 235 g/mol. The summed E-state index contributed by atoms with van der Waals surface area (Å²) in [4.78, 5) is 0. The van der Waals surface area contributed by atoms with Crippen LogP contribution in [0.5, 0.6) is 17.2 Å². The molecule has 0 saturated heterocycles. The van der Waals surface area contributed by atoms with Gasteiger partial charge in [0.25, 0.3) is 0 Å². The van der Waals surface area contributed by atoms with Gasteiger partial charge < -0.3 is 14.6 Å². The lowest BCUT2D eigenvalue weighted by Crippen LogP contribution is -1.91. The summed E-state index contributed by atoms with van der Waals surface area (Å²) in [7, 11) is 1.55. The number of rotatable bonds is 4. The number of aliphatic hydroxyl groups is 1. The van der Waals surface area contributed by atoms with Crippen LogP contribution in [0.2, 0.25) is 0 Å². The van der Waals surface area contributed by atoms with Gasteiger partial charge in [-0.2, -0.15) is 0 Å². The lowest BCUT2D eigenvalue weighted by Gasteiger charge is -2.08. The summed E-state index contributed by atoms with van der Waals surface area (Å²) in [6.07, 6.45) is 0. The molecule has 3 nitrogen and oxygen atoms in total. The Bertz CT molecular complexity index is 540. The van der Waals surface area contributed by atoms with Gasteiger partial charge in [-0.05, 0) is 29.8 Å². The number of hydrogen-bond acceptors (Lipinski definition) is 3. The van der Waals surface area contributed by atoms with Crippen molar-refractivity contribution in [2.24, 2.45) is 0 Å². The van der Waals surface area contributed by atoms with Crippen molar-refractivity contribution in [3.63, 3.8) is 0 Å². The molecule has 4 heteroatoms. The molecule has 0 radical (unpaired) electrons. The molecule has 0 unspecified atom stereocenters. The number of benzene rings is 2. The van der Waals surface area contributed by atoms with Crippen LogP contribution in [0, 0.1) is 5.82 Å². The van der Waals surface area contributed by atoms with E-state index in [2.05, 4.69) is 0 Å². The molecule has 0 amide bonds. The quantitative estimate of drug-likeness (QED) is 0.903. The molecular formula is C14H13FO3. The topological polar surface area (TPSA) is 38.7 Å². The molecule has 2 rings (SSSR count). The smallest absolute Gasteiger partial charge is 0.166 e. The molecule has 18 heavy (non-hydrogen) atoms. The average Bonchev–Trinajstić information content (AvgIpc) is 2.41. The molecule has 0 fully saturated rings. The molecule has 0 aromatic heterocycles. The number of methoxy groups -OCH3 is 1. The Hall–Kier alpha value is -2.07. The van der Waals surface area contributed by atoms with Gasteiger partial charge in [-0.15, -0.1) is 0 Å². The highest BCUT2D eigenvalue weighted by molar-refractivity contribution is 5.38. The van der Waals surface area contributed by atoms with Crippen molar-refractivity contribution in [1.82, 2.24) is 0 Å². The van der Waals surface area contributed by atoms with Crippen molar-refractivity contribution in [3.8, 4) is 17.2 Å². The minimum absolute atomic E-state index is 0.112. The van der Waals surface area contributed by atoms with E-state index in [0.29, 0.717) is 17.1 Å². The Morgan fingerprint density at radius 2 is 1.89 bits per heavy atom. The Balaban J connectivity index is 2.22. The summed E-state index contributed by atoms with van der Waals surface area (Å²) in [5, 5.41) is 8.89. The van der Waals surface area contributed by atoms with Crippen LogP contribution in [0.1, 0.15) is 5.56 Å². The van der Waals surface area contributed by atoms with E-state index in [1.165, 1.54) is 12.1 Å². The molecule has 2 aromatic rings. The van der Waals surface area contributed by atoms with Crippen molar-refractivity contribution in [2.75, 3.05) is 7.11 Å². The number of aliphatic hydroxyl groups excluding tert-OH is 1. The Morgan fingerprint density at radius 3 is 2.56 bits per heavy atom. The number of ether oxygens (including phenoxy) is 2. The zero-order valence-electron chi connectivity index (χ0n) is 9.89. The Labute approximate surface area is 104 Å². The van der Waals surface area contributed by atoms with Crippen LogP contribution in [0.15, 0.2) is 42.5 Å². The summed E-state index contributed by atoms with van der Waals surface area (Å²) in [5.41, 5.74) is 0.505. The van der Waals surface area contributed by atoms with Gasteiger partial charge in [0.15, 0.2) is 11.6 Å². The highest BCUT2D eigenvalue weighted by atomic mass is 19.1. The average molecular weight is 248 g/mol. The minimum atomic E-state index is -0.510. The summed E-state index contributed by atoms with van der Waals surface area (Å²) in [5.74, 6) is 0.731. The van der Waals surface area contributed by atoms with Crippen molar-refractivity contribution >= 4 is 0 Å². The van der Waals surface area contributed by atoms with Crippen molar-refractivity contribution < 1.29 is 19.0 Å². The maximum absolute atomic E-state index is 13.6. The second-order valence-corrected chi connectivity index (χ2v) is 3.70. The molecule has 0 bridgehead atoms. The molecule has 0 spiro atoms. The Morgan fingerprint density at radius 1 is 1.11 bits per heavy atom. The van der Waals surface area contributed by atoms with E-state index in [1.807, 2.05) is 0 Å². The molecule has 0 heterocycles. The minimum Gasteiger partial charge on any atom is -0.497 e. The maximum atomic E-state index is 13.6. The van der Waals surface area contributed by atoms with Gasteiger partial charge >= 0.3 is 0 Å². The van der Waals surface area contributed by atoms with Crippen LogP contribution >= 0.6 is 0 Å². The van der Waals surface area contributed by atoms with Crippen molar-refractivity contribution in [3.05, 3.63) is 53.8 Å². The maximum Gasteiger partial charge on any atom is 0.166 e. The van der Waals surface area contributed by atoms with E-state index >= 15 is 0 Å². The predicted molar refractivity (Wildman–Crippen MR) is 65.4 cm³/mol. The fourth-order valence-corrected chi connectivity index (χ4v) is 1.52. The van der Waals surface area contributed by atoms with Crippen molar-refractivity contribution in [1.29, 1.82) is 0 Å². The first-order valence-electron chi connectivity index (χ1n) is 5.44. The van der Waals surface area contributed by atoms with E-state index in [9.17, 15) is 4.39 Å². The molecule has 0 aliphatic heterocycles. The third-order valence-electron chi connectivity index (χ3n) is 2.45. The summed E-state index contributed by atoms with van der Waals surface area (Å²) < 4.78 is 24.1. The second-order valence-electron chi connectivity index (χ2n) is 3.70. The molecule has 94 valence electrons. The van der Waals surface area contributed by atoms with Crippen LogP contribution in [-0.4, -0.2) is 12.2 Å².